The van der Waals surface area contributed by atoms with Crippen molar-refractivity contribution >= 4 is 40.7 Å². The summed E-state index contributed by atoms with van der Waals surface area (Å²) >= 11 is 7.42. The molecule has 0 unspecified atom stereocenters. The van der Waals surface area contributed by atoms with Gasteiger partial charge >= 0.3 is 5.97 Å². The number of esters is 1. The van der Waals surface area contributed by atoms with Crippen molar-refractivity contribution in [1.29, 1.82) is 0 Å². The molecular formula is C30H25ClN2O5S. The number of rotatable bonds is 7. The van der Waals surface area contributed by atoms with E-state index >= 15 is 0 Å². The zero-order valence-electron chi connectivity index (χ0n) is 21.5. The van der Waals surface area contributed by atoms with Crippen LogP contribution in [0.5, 0.6) is 11.5 Å². The summed E-state index contributed by atoms with van der Waals surface area (Å²) in [6.07, 6.45) is 1.75. The molecule has 3 aromatic carbocycles. The van der Waals surface area contributed by atoms with Gasteiger partial charge in [0.25, 0.3) is 5.56 Å². The molecule has 4 aromatic rings. The quantitative estimate of drug-likeness (QED) is 0.309. The van der Waals surface area contributed by atoms with Crippen LogP contribution in [0.3, 0.4) is 0 Å². The third-order valence-corrected chi connectivity index (χ3v) is 7.51. The van der Waals surface area contributed by atoms with Gasteiger partial charge in [0.05, 0.1) is 42.7 Å². The van der Waals surface area contributed by atoms with E-state index in [9.17, 15) is 9.59 Å². The summed E-state index contributed by atoms with van der Waals surface area (Å²) in [4.78, 5) is 32.8. The van der Waals surface area contributed by atoms with Gasteiger partial charge in [-0.15, -0.1) is 0 Å². The predicted molar refractivity (Wildman–Crippen MR) is 152 cm³/mol. The van der Waals surface area contributed by atoms with E-state index in [1.165, 1.54) is 11.3 Å². The maximum atomic E-state index is 14.0. The van der Waals surface area contributed by atoms with E-state index in [-0.39, 0.29) is 17.7 Å². The average molecular weight is 561 g/mol. The lowest BCUT2D eigenvalue weighted by atomic mass is 9.93. The molecule has 0 amide bonds. The number of nitrogens with zero attached hydrogens (tertiary/aromatic N) is 2. The number of hydrogen-bond donors (Lipinski definition) is 0. The largest absolute Gasteiger partial charge is 0.493 e. The Morgan fingerprint density at radius 1 is 1.03 bits per heavy atom. The minimum Gasteiger partial charge on any atom is -0.493 e. The first-order valence-corrected chi connectivity index (χ1v) is 13.4. The second-order valence-corrected chi connectivity index (χ2v) is 10.0. The van der Waals surface area contributed by atoms with Gasteiger partial charge in [-0.3, -0.25) is 9.36 Å². The van der Waals surface area contributed by atoms with Gasteiger partial charge in [0.2, 0.25) is 0 Å². The molecule has 5 rings (SSSR count). The van der Waals surface area contributed by atoms with Crippen LogP contribution in [-0.4, -0.2) is 31.4 Å². The molecule has 1 atom stereocenters. The van der Waals surface area contributed by atoms with Crippen LogP contribution in [0, 0.1) is 0 Å². The number of fused-ring (bicyclic) bond motifs is 1. The third-order valence-electron chi connectivity index (χ3n) is 6.28. The summed E-state index contributed by atoms with van der Waals surface area (Å²) in [5, 5.41) is 0.543. The highest BCUT2D eigenvalue weighted by atomic mass is 35.5. The number of carbonyl (C=O) groups excluding carboxylic acids is 1. The monoisotopic (exact) mass is 560 g/mol. The highest BCUT2D eigenvalue weighted by Gasteiger charge is 2.35. The molecule has 1 aliphatic rings. The summed E-state index contributed by atoms with van der Waals surface area (Å²) in [5.74, 6) is 0.523. The number of ether oxygens (including phenoxy) is 3. The van der Waals surface area contributed by atoms with Crippen molar-refractivity contribution in [3.05, 3.63) is 120 Å². The van der Waals surface area contributed by atoms with Crippen LogP contribution in [0.15, 0.2) is 88.2 Å². The van der Waals surface area contributed by atoms with Gasteiger partial charge < -0.3 is 14.2 Å². The molecule has 1 aliphatic heterocycles. The molecule has 0 radical (unpaired) electrons. The van der Waals surface area contributed by atoms with E-state index in [1.807, 2.05) is 54.6 Å². The van der Waals surface area contributed by atoms with Gasteiger partial charge in [-0.2, -0.15) is 0 Å². The zero-order valence-corrected chi connectivity index (χ0v) is 23.1. The Bertz CT molecular complexity index is 1740. The molecule has 0 bridgehead atoms. The summed E-state index contributed by atoms with van der Waals surface area (Å²) in [6.45, 7) is 1.92. The van der Waals surface area contributed by atoms with Crippen LogP contribution in [-0.2, 0) is 9.53 Å². The van der Waals surface area contributed by atoms with Crippen LogP contribution >= 0.6 is 22.9 Å². The van der Waals surface area contributed by atoms with Gasteiger partial charge in [0, 0.05) is 16.1 Å². The van der Waals surface area contributed by atoms with Gasteiger partial charge in [-0.05, 0) is 36.8 Å². The number of halogens is 1. The minimum absolute atomic E-state index is 0.178. The normalized spacial score (nSPS) is 15.0. The fraction of sp³-hybridized carbons (Fsp3) is 0.167. The molecule has 39 heavy (non-hydrogen) atoms. The van der Waals surface area contributed by atoms with Crippen molar-refractivity contribution in [3.8, 4) is 11.5 Å². The van der Waals surface area contributed by atoms with E-state index < -0.39 is 12.0 Å². The third kappa shape index (κ3) is 5.01. The molecule has 198 valence electrons. The SMILES string of the molecule is CCOC(=O)C1=C(c2ccccc2)N=c2s/c(=C\c3cccc(OC)c3OC)c(=O)n2[C@H]1c1ccc(Cl)cc1. The summed E-state index contributed by atoms with van der Waals surface area (Å²) in [7, 11) is 3.11. The number of hydrogen-bond acceptors (Lipinski definition) is 7. The Kier molecular flexibility index (Phi) is 7.67. The lowest BCUT2D eigenvalue weighted by molar-refractivity contribution is -0.138. The second kappa shape index (κ2) is 11.3. The summed E-state index contributed by atoms with van der Waals surface area (Å²) in [6, 6.07) is 21.2. The topological polar surface area (TPSA) is 79.1 Å². The Labute approximate surface area is 233 Å². The zero-order chi connectivity index (χ0) is 27.5. The lowest BCUT2D eigenvalue weighted by Gasteiger charge is -2.25. The van der Waals surface area contributed by atoms with Crippen LogP contribution < -0.4 is 24.4 Å². The maximum Gasteiger partial charge on any atom is 0.338 e. The summed E-state index contributed by atoms with van der Waals surface area (Å²) in [5.41, 5.74) is 2.57. The van der Waals surface area contributed by atoms with Gasteiger partial charge in [0.15, 0.2) is 16.3 Å². The highest BCUT2D eigenvalue weighted by Crippen LogP contribution is 2.36. The van der Waals surface area contributed by atoms with E-state index in [2.05, 4.69) is 0 Å². The van der Waals surface area contributed by atoms with Crippen molar-refractivity contribution in [3.63, 3.8) is 0 Å². The first-order valence-electron chi connectivity index (χ1n) is 12.2. The molecule has 7 nitrogen and oxygen atoms in total. The number of para-hydroxylation sites is 1. The molecule has 9 heteroatoms. The van der Waals surface area contributed by atoms with Crippen molar-refractivity contribution < 1.29 is 19.0 Å². The Balaban J connectivity index is 1.83. The predicted octanol–water partition coefficient (Wildman–Crippen LogP) is 4.61. The van der Waals surface area contributed by atoms with Crippen molar-refractivity contribution in [2.75, 3.05) is 20.8 Å². The van der Waals surface area contributed by atoms with Crippen LogP contribution in [0.2, 0.25) is 5.02 Å². The molecule has 1 aromatic heterocycles. The van der Waals surface area contributed by atoms with Gasteiger partial charge in [-0.1, -0.05) is 77.5 Å². The van der Waals surface area contributed by atoms with Crippen LogP contribution in [0.4, 0.5) is 0 Å². The molecule has 0 fully saturated rings. The molecule has 0 aliphatic carbocycles. The minimum atomic E-state index is -0.776. The van der Waals surface area contributed by atoms with E-state index in [0.717, 1.165) is 5.56 Å². The average Bonchev–Trinajstić information content (AvgIpc) is 3.27. The molecular weight excluding hydrogens is 536 g/mol. The van der Waals surface area contributed by atoms with Crippen LogP contribution in [0.1, 0.15) is 29.7 Å². The first kappa shape index (κ1) is 26.5. The maximum absolute atomic E-state index is 14.0. The number of methoxy groups -OCH3 is 2. The standard InChI is InChI=1S/C30H25ClN2O5S/c1-4-38-29(35)24-25(18-9-6-5-7-10-18)32-30-33(26(24)19-13-15-21(31)16-14-19)28(34)23(39-30)17-20-11-8-12-22(36-2)27(20)37-3/h5-17,26H,4H2,1-3H3/b23-17-/t26-/m0/s1. The Hall–Kier alpha value is -4.14. The van der Waals surface area contributed by atoms with Crippen molar-refractivity contribution in [2.24, 2.45) is 4.99 Å². The molecule has 0 saturated carbocycles. The molecule has 0 saturated heterocycles. The first-order chi connectivity index (χ1) is 19.0. The van der Waals surface area contributed by atoms with Gasteiger partial charge in [0.1, 0.15) is 0 Å². The summed E-state index contributed by atoms with van der Waals surface area (Å²) < 4.78 is 18.5. The number of thiazole rings is 1. The van der Waals surface area contributed by atoms with Crippen LogP contribution in [0.25, 0.3) is 11.8 Å². The van der Waals surface area contributed by atoms with Crippen molar-refractivity contribution in [2.45, 2.75) is 13.0 Å². The van der Waals surface area contributed by atoms with E-state index in [1.54, 1.807) is 50.0 Å². The Morgan fingerprint density at radius 3 is 2.44 bits per heavy atom. The van der Waals surface area contributed by atoms with Gasteiger partial charge in [-0.25, -0.2) is 9.79 Å². The van der Waals surface area contributed by atoms with E-state index in [4.69, 9.17) is 30.8 Å². The smallest absolute Gasteiger partial charge is 0.338 e. The van der Waals surface area contributed by atoms with Crippen molar-refractivity contribution in [1.82, 2.24) is 4.57 Å². The molecule has 0 spiro atoms. The lowest BCUT2D eigenvalue weighted by Crippen LogP contribution is -2.40. The second-order valence-electron chi connectivity index (χ2n) is 8.57. The number of carbonyl (C=O) groups is 1. The fourth-order valence-electron chi connectivity index (χ4n) is 4.57. The van der Waals surface area contributed by atoms with E-state index in [0.29, 0.717) is 42.7 Å². The number of benzene rings is 3. The molecule has 0 N–H and O–H groups in total. The fourth-order valence-corrected chi connectivity index (χ4v) is 5.69. The Morgan fingerprint density at radius 2 is 1.77 bits per heavy atom. The number of aromatic nitrogens is 1. The molecule has 2 heterocycles. The highest BCUT2D eigenvalue weighted by molar-refractivity contribution is 7.07.